The van der Waals surface area contributed by atoms with Crippen molar-refractivity contribution in [1.82, 2.24) is 5.32 Å². The molecule has 1 aliphatic heterocycles. The summed E-state index contributed by atoms with van der Waals surface area (Å²) in [5.41, 5.74) is 0.459. The maximum Gasteiger partial charge on any atom is 0.0535 e. The predicted molar refractivity (Wildman–Crippen MR) is 74.4 cm³/mol. The van der Waals surface area contributed by atoms with Crippen molar-refractivity contribution in [3.05, 3.63) is 0 Å². The molecule has 1 saturated heterocycles. The second-order valence-corrected chi connectivity index (χ2v) is 5.60. The van der Waals surface area contributed by atoms with Gasteiger partial charge in [0.05, 0.1) is 6.61 Å². The van der Waals surface area contributed by atoms with Crippen molar-refractivity contribution in [2.75, 3.05) is 26.3 Å². The van der Waals surface area contributed by atoms with E-state index < -0.39 is 0 Å². The SMILES string of the molecule is CCCCCCCCC1(CNCC)CCOC1. The minimum absolute atomic E-state index is 0.459. The van der Waals surface area contributed by atoms with E-state index in [0.29, 0.717) is 5.41 Å². The van der Waals surface area contributed by atoms with Gasteiger partial charge in [-0.2, -0.15) is 0 Å². The van der Waals surface area contributed by atoms with Crippen LogP contribution in [-0.2, 0) is 4.74 Å². The Morgan fingerprint density at radius 1 is 1.06 bits per heavy atom. The van der Waals surface area contributed by atoms with Gasteiger partial charge >= 0.3 is 0 Å². The third kappa shape index (κ3) is 5.87. The summed E-state index contributed by atoms with van der Waals surface area (Å²) in [4.78, 5) is 0. The molecule has 0 aromatic carbocycles. The summed E-state index contributed by atoms with van der Waals surface area (Å²) >= 11 is 0. The second kappa shape index (κ2) is 8.93. The lowest BCUT2D eigenvalue weighted by atomic mass is 9.81. The minimum atomic E-state index is 0.459. The highest BCUT2D eigenvalue weighted by Crippen LogP contribution is 2.33. The standard InChI is InChI=1S/C15H31NO/c1-3-5-6-7-8-9-10-15(13-16-4-2)11-12-17-14-15/h16H,3-14H2,1-2H3. The molecule has 2 nitrogen and oxygen atoms in total. The monoisotopic (exact) mass is 241 g/mol. The molecule has 1 atom stereocenters. The Hall–Kier alpha value is -0.0800. The minimum Gasteiger partial charge on any atom is -0.381 e. The number of ether oxygens (including phenoxy) is 1. The van der Waals surface area contributed by atoms with Crippen LogP contribution < -0.4 is 5.32 Å². The van der Waals surface area contributed by atoms with Crippen molar-refractivity contribution in [2.24, 2.45) is 5.41 Å². The molecule has 102 valence electrons. The maximum absolute atomic E-state index is 5.61. The first-order valence-corrected chi connectivity index (χ1v) is 7.61. The van der Waals surface area contributed by atoms with E-state index >= 15 is 0 Å². The molecular formula is C15H31NO. The van der Waals surface area contributed by atoms with Gasteiger partial charge in [0.1, 0.15) is 0 Å². The lowest BCUT2D eigenvalue weighted by molar-refractivity contribution is 0.142. The predicted octanol–water partition coefficient (Wildman–Crippen LogP) is 3.75. The van der Waals surface area contributed by atoms with Gasteiger partial charge in [0.2, 0.25) is 0 Å². The van der Waals surface area contributed by atoms with Crippen molar-refractivity contribution < 1.29 is 4.74 Å². The average molecular weight is 241 g/mol. The molecule has 1 aliphatic rings. The first-order valence-electron chi connectivity index (χ1n) is 7.61. The Balaban J connectivity index is 2.12. The van der Waals surface area contributed by atoms with E-state index in [2.05, 4.69) is 19.2 Å². The third-order valence-corrected chi connectivity index (χ3v) is 4.00. The van der Waals surface area contributed by atoms with Gasteiger partial charge < -0.3 is 10.1 Å². The van der Waals surface area contributed by atoms with Crippen LogP contribution in [0.5, 0.6) is 0 Å². The van der Waals surface area contributed by atoms with Crippen molar-refractivity contribution in [1.29, 1.82) is 0 Å². The van der Waals surface area contributed by atoms with Crippen LogP contribution in [-0.4, -0.2) is 26.3 Å². The topological polar surface area (TPSA) is 21.3 Å². The molecule has 0 saturated carbocycles. The van der Waals surface area contributed by atoms with Crippen LogP contribution in [0.1, 0.15) is 65.2 Å². The molecule has 0 amide bonds. The highest BCUT2D eigenvalue weighted by molar-refractivity contribution is 4.85. The number of hydrogen-bond donors (Lipinski definition) is 1. The molecule has 0 aromatic rings. The van der Waals surface area contributed by atoms with Gasteiger partial charge in [0.15, 0.2) is 0 Å². The quantitative estimate of drug-likeness (QED) is 0.588. The van der Waals surface area contributed by atoms with Crippen LogP contribution in [0.2, 0.25) is 0 Å². The molecule has 1 fully saturated rings. The van der Waals surface area contributed by atoms with Gasteiger partial charge in [0, 0.05) is 18.6 Å². The van der Waals surface area contributed by atoms with E-state index in [9.17, 15) is 0 Å². The molecule has 2 heteroatoms. The maximum atomic E-state index is 5.61. The molecule has 1 N–H and O–H groups in total. The zero-order valence-electron chi connectivity index (χ0n) is 11.9. The Labute approximate surface area is 108 Å². The van der Waals surface area contributed by atoms with Crippen LogP contribution >= 0.6 is 0 Å². The van der Waals surface area contributed by atoms with Crippen LogP contribution in [0.25, 0.3) is 0 Å². The fourth-order valence-corrected chi connectivity index (χ4v) is 2.74. The molecule has 0 bridgehead atoms. The second-order valence-electron chi connectivity index (χ2n) is 5.60. The smallest absolute Gasteiger partial charge is 0.0535 e. The van der Waals surface area contributed by atoms with Gasteiger partial charge in [0.25, 0.3) is 0 Å². The third-order valence-electron chi connectivity index (χ3n) is 4.00. The number of unbranched alkanes of at least 4 members (excludes halogenated alkanes) is 5. The van der Waals surface area contributed by atoms with Crippen molar-refractivity contribution in [3.63, 3.8) is 0 Å². The van der Waals surface area contributed by atoms with E-state index in [-0.39, 0.29) is 0 Å². The molecule has 0 aliphatic carbocycles. The van der Waals surface area contributed by atoms with E-state index in [0.717, 1.165) is 26.3 Å². The number of rotatable bonds is 10. The average Bonchev–Trinajstić information content (AvgIpc) is 2.80. The van der Waals surface area contributed by atoms with E-state index in [1.807, 2.05) is 0 Å². The summed E-state index contributed by atoms with van der Waals surface area (Å²) in [7, 11) is 0. The molecular weight excluding hydrogens is 210 g/mol. The summed E-state index contributed by atoms with van der Waals surface area (Å²) in [6, 6.07) is 0. The van der Waals surface area contributed by atoms with Crippen molar-refractivity contribution >= 4 is 0 Å². The summed E-state index contributed by atoms with van der Waals surface area (Å²) < 4.78 is 5.61. The molecule has 0 aromatic heterocycles. The van der Waals surface area contributed by atoms with Crippen LogP contribution in [0.3, 0.4) is 0 Å². The number of nitrogens with one attached hydrogen (secondary N) is 1. The fraction of sp³-hybridized carbons (Fsp3) is 1.00. The Morgan fingerprint density at radius 2 is 1.82 bits per heavy atom. The highest BCUT2D eigenvalue weighted by Gasteiger charge is 2.33. The van der Waals surface area contributed by atoms with Gasteiger partial charge in [-0.3, -0.25) is 0 Å². The highest BCUT2D eigenvalue weighted by atomic mass is 16.5. The van der Waals surface area contributed by atoms with E-state index in [1.54, 1.807) is 0 Å². The summed E-state index contributed by atoms with van der Waals surface area (Å²) in [6.45, 7) is 8.66. The molecule has 1 unspecified atom stereocenters. The molecule has 1 rings (SSSR count). The zero-order chi connectivity index (χ0) is 12.4. The van der Waals surface area contributed by atoms with Crippen LogP contribution in [0.15, 0.2) is 0 Å². The van der Waals surface area contributed by atoms with Gasteiger partial charge in [-0.25, -0.2) is 0 Å². The molecule has 17 heavy (non-hydrogen) atoms. The Kier molecular flexibility index (Phi) is 7.87. The lowest BCUT2D eigenvalue weighted by Crippen LogP contribution is -2.34. The van der Waals surface area contributed by atoms with Crippen molar-refractivity contribution in [2.45, 2.75) is 65.2 Å². The Morgan fingerprint density at radius 3 is 2.47 bits per heavy atom. The van der Waals surface area contributed by atoms with Gasteiger partial charge in [-0.1, -0.05) is 52.4 Å². The summed E-state index contributed by atoms with van der Waals surface area (Å²) in [5, 5.41) is 3.51. The van der Waals surface area contributed by atoms with Crippen LogP contribution in [0, 0.1) is 5.41 Å². The first-order chi connectivity index (χ1) is 8.33. The normalized spacial score (nSPS) is 24.4. The van der Waals surface area contributed by atoms with Gasteiger partial charge in [-0.15, -0.1) is 0 Å². The number of hydrogen-bond acceptors (Lipinski definition) is 2. The molecule has 0 spiro atoms. The summed E-state index contributed by atoms with van der Waals surface area (Å²) in [5.74, 6) is 0. The molecule has 0 radical (unpaired) electrons. The van der Waals surface area contributed by atoms with Gasteiger partial charge in [-0.05, 0) is 19.4 Å². The fourth-order valence-electron chi connectivity index (χ4n) is 2.74. The van der Waals surface area contributed by atoms with Crippen LogP contribution in [0.4, 0.5) is 0 Å². The lowest BCUT2D eigenvalue weighted by Gasteiger charge is -2.27. The Bertz CT molecular complexity index is 176. The van der Waals surface area contributed by atoms with E-state index in [4.69, 9.17) is 4.74 Å². The summed E-state index contributed by atoms with van der Waals surface area (Å²) in [6.07, 6.45) is 11.0. The first kappa shape index (κ1) is 15.0. The molecule has 1 heterocycles. The zero-order valence-corrected chi connectivity index (χ0v) is 11.9. The van der Waals surface area contributed by atoms with Crippen molar-refractivity contribution in [3.8, 4) is 0 Å². The largest absolute Gasteiger partial charge is 0.381 e. The van der Waals surface area contributed by atoms with E-state index in [1.165, 1.54) is 51.4 Å².